The normalized spacial score (nSPS) is 29.0. The van der Waals surface area contributed by atoms with E-state index in [-0.39, 0.29) is 0 Å². The molecule has 0 heteroatoms. The molecule has 38 valence electrons. The molecule has 0 saturated heterocycles. The van der Waals surface area contributed by atoms with E-state index in [0.717, 1.165) is 6.42 Å². The second kappa shape index (κ2) is 1.26. The van der Waals surface area contributed by atoms with Crippen molar-refractivity contribution < 1.29 is 0 Å². The molecule has 0 heterocycles. The van der Waals surface area contributed by atoms with E-state index in [0.29, 0.717) is 5.92 Å². The highest BCUT2D eigenvalue weighted by atomic mass is 14.2. The molecule has 0 aromatic carbocycles. The van der Waals surface area contributed by atoms with Gasteiger partial charge < -0.3 is 0 Å². The highest BCUT2D eigenvalue weighted by molar-refractivity contribution is 5.32. The average molecular weight is 102 g/mol. The molecule has 0 spiro atoms. The minimum atomic E-state index is 0.597. The minimum absolute atomic E-state index is 0.597. The second-order valence-corrected chi connectivity index (χ2v) is 2.10. The molecule has 0 nitrogen and oxygen atoms in total. The summed E-state index contributed by atoms with van der Waals surface area (Å²) in [4.78, 5) is 0. The Balaban J connectivity index is 2.44. The van der Waals surface area contributed by atoms with Crippen LogP contribution >= 0.6 is 0 Å². The molecular formula is C8H6. The smallest absolute Gasteiger partial charge is 0.0386 e. The Morgan fingerprint density at radius 2 is 2.50 bits per heavy atom. The fraction of sp³-hybridized carbons (Fsp3) is 0.250. The van der Waals surface area contributed by atoms with Crippen molar-refractivity contribution in [3.05, 3.63) is 35.3 Å². The van der Waals surface area contributed by atoms with Gasteiger partial charge >= 0.3 is 0 Å². The van der Waals surface area contributed by atoms with Crippen molar-refractivity contribution in [3.8, 4) is 0 Å². The summed E-state index contributed by atoms with van der Waals surface area (Å²) in [6.07, 6.45) is 7.27. The van der Waals surface area contributed by atoms with E-state index < -0.39 is 0 Å². The molecule has 8 heavy (non-hydrogen) atoms. The topological polar surface area (TPSA) is 0 Å². The fourth-order valence-corrected chi connectivity index (χ4v) is 0.982. The van der Waals surface area contributed by atoms with Gasteiger partial charge in [0.2, 0.25) is 0 Å². The summed E-state index contributed by atoms with van der Waals surface area (Å²) in [5.74, 6) is 0.597. The van der Waals surface area contributed by atoms with Crippen LogP contribution in [-0.4, -0.2) is 0 Å². The predicted molar refractivity (Wildman–Crippen MR) is 32.4 cm³/mol. The van der Waals surface area contributed by atoms with Crippen LogP contribution in [0.25, 0.3) is 0 Å². The Hall–Kier alpha value is -0.960. The van der Waals surface area contributed by atoms with Crippen LogP contribution in [0.3, 0.4) is 0 Å². The van der Waals surface area contributed by atoms with E-state index in [1.807, 2.05) is 6.08 Å². The first-order valence-corrected chi connectivity index (χ1v) is 2.83. The van der Waals surface area contributed by atoms with Gasteiger partial charge in [0.15, 0.2) is 0 Å². The molecule has 2 aliphatic carbocycles. The number of allylic oxidation sites excluding steroid dienone is 2. The van der Waals surface area contributed by atoms with Crippen molar-refractivity contribution in [2.24, 2.45) is 5.92 Å². The van der Waals surface area contributed by atoms with E-state index in [2.05, 4.69) is 23.6 Å². The lowest BCUT2D eigenvalue weighted by atomic mass is 9.87. The van der Waals surface area contributed by atoms with E-state index in [9.17, 15) is 0 Å². The van der Waals surface area contributed by atoms with Gasteiger partial charge in [-0.3, -0.25) is 0 Å². The molecule has 1 unspecified atom stereocenters. The Bertz CT molecular complexity index is 229. The number of hydrogen-bond donors (Lipinski definition) is 0. The van der Waals surface area contributed by atoms with Crippen LogP contribution in [0, 0.1) is 5.92 Å². The molecule has 0 aliphatic heterocycles. The molecule has 0 saturated carbocycles. The quantitative estimate of drug-likeness (QED) is 0.409. The summed E-state index contributed by atoms with van der Waals surface area (Å²) in [6, 6.07) is 0. The molecule has 0 bridgehead atoms. The Kier molecular flexibility index (Phi) is 0.625. The zero-order valence-electron chi connectivity index (χ0n) is 4.52. The zero-order chi connectivity index (χ0) is 5.40. The van der Waals surface area contributed by atoms with Crippen molar-refractivity contribution >= 4 is 0 Å². The van der Waals surface area contributed by atoms with Crippen LogP contribution in [0.2, 0.25) is 0 Å². The second-order valence-electron chi connectivity index (χ2n) is 2.10. The van der Waals surface area contributed by atoms with Crippen LogP contribution in [0.15, 0.2) is 35.3 Å². The van der Waals surface area contributed by atoms with Gasteiger partial charge in [-0.1, -0.05) is 0 Å². The van der Waals surface area contributed by atoms with Crippen molar-refractivity contribution in [3.63, 3.8) is 0 Å². The number of fused-ring (bicyclic) bond motifs is 1. The van der Waals surface area contributed by atoms with Crippen LogP contribution in [0.1, 0.15) is 6.42 Å². The van der Waals surface area contributed by atoms with Gasteiger partial charge in [-0.15, -0.1) is 11.5 Å². The van der Waals surface area contributed by atoms with Crippen molar-refractivity contribution in [2.45, 2.75) is 6.42 Å². The zero-order valence-corrected chi connectivity index (χ0v) is 4.52. The van der Waals surface area contributed by atoms with Gasteiger partial charge in [0.1, 0.15) is 0 Å². The average Bonchev–Trinajstić information content (AvgIpc) is 1.72. The van der Waals surface area contributed by atoms with Crippen molar-refractivity contribution in [1.29, 1.82) is 0 Å². The Morgan fingerprint density at radius 1 is 1.50 bits per heavy atom. The fourth-order valence-electron chi connectivity index (χ4n) is 0.982. The highest BCUT2D eigenvalue weighted by Crippen LogP contribution is 2.25. The van der Waals surface area contributed by atoms with Gasteiger partial charge in [0.05, 0.1) is 0 Å². The lowest BCUT2D eigenvalue weighted by Gasteiger charge is -2.15. The maximum Gasteiger partial charge on any atom is 0.0386 e. The van der Waals surface area contributed by atoms with Gasteiger partial charge in [-0.2, -0.15) is 0 Å². The molecule has 2 aliphatic rings. The molecule has 0 aromatic heterocycles. The molecular weight excluding hydrogens is 96.1 g/mol. The van der Waals surface area contributed by atoms with Crippen molar-refractivity contribution in [2.75, 3.05) is 0 Å². The highest BCUT2D eigenvalue weighted by Gasteiger charge is 2.13. The van der Waals surface area contributed by atoms with Crippen LogP contribution in [0.5, 0.6) is 0 Å². The Labute approximate surface area is 48.5 Å². The summed E-state index contributed by atoms with van der Waals surface area (Å²) in [6.45, 7) is 0. The summed E-state index contributed by atoms with van der Waals surface area (Å²) < 4.78 is 0. The largest absolute Gasteiger partial charge is 0.128 e. The maximum atomic E-state index is 3.14. The molecule has 0 N–H and O–H groups in total. The third-order valence-corrected chi connectivity index (χ3v) is 1.57. The van der Waals surface area contributed by atoms with E-state index in [1.54, 1.807) is 0 Å². The summed E-state index contributed by atoms with van der Waals surface area (Å²) in [5, 5.41) is 0. The lowest BCUT2D eigenvalue weighted by Crippen LogP contribution is -2.03. The molecule has 1 atom stereocenters. The first kappa shape index (κ1) is 3.97. The molecule has 0 fully saturated rings. The SMILES string of the molecule is C1=CCC2=C=CC2C=1. The van der Waals surface area contributed by atoms with E-state index in [4.69, 9.17) is 0 Å². The first-order chi connectivity index (χ1) is 3.97. The first-order valence-electron chi connectivity index (χ1n) is 2.83. The summed E-state index contributed by atoms with van der Waals surface area (Å²) >= 11 is 0. The number of hydrogen-bond acceptors (Lipinski definition) is 0. The third kappa shape index (κ3) is 0.364. The van der Waals surface area contributed by atoms with E-state index >= 15 is 0 Å². The number of rotatable bonds is 0. The molecule has 0 amide bonds. The summed E-state index contributed by atoms with van der Waals surface area (Å²) in [7, 11) is 0. The Morgan fingerprint density at radius 3 is 2.88 bits per heavy atom. The van der Waals surface area contributed by atoms with Crippen LogP contribution in [-0.2, 0) is 0 Å². The molecule has 2 rings (SSSR count). The van der Waals surface area contributed by atoms with Crippen molar-refractivity contribution in [1.82, 2.24) is 0 Å². The maximum absolute atomic E-state index is 3.14. The monoisotopic (exact) mass is 102 g/mol. The standard InChI is InChI=1S/C8H6/c1-2-4-8-6-5-7(8)3-1/h1,4,6,8H,3H2. The van der Waals surface area contributed by atoms with Crippen LogP contribution < -0.4 is 0 Å². The third-order valence-electron chi connectivity index (χ3n) is 1.57. The summed E-state index contributed by atoms with van der Waals surface area (Å²) in [5.41, 5.74) is 7.63. The minimum Gasteiger partial charge on any atom is -0.128 e. The van der Waals surface area contributed by atoms with Crippen LogP contribution in [0.4, 0.5) is 0 Å². The van der Waals surface area contributed by atoms with Gasteiger partial charge in [0.25, 0.3) is 0 Å². The van der Waals surface area contributed by atoms with E-state index in [1.165, 1.54) is 5.57 Å². The lowest BCUT2D eigenvalue weighted by molar-refractivity contribution is 0.869. The predicted octanol–water partition coefficient (Wildman–Crippen LogP) is 1.81. The van der Waals surface area contributed by atoms with Gasteiger partial charge in [0, 0.05) is 12.3 Å². The van der Waals surface area contributed by atoms with Gasteiger partial charge in [-0.25, -0.2) is 0 Å². The molecule has 0 radical (unpaired) electrons. The molecule has 0 aromatic rings. The van der Waals surface area contributed by atoms with Gasteiger partial charge in [-0.05, 0) is 23.8 Å².